The molecule has 0 aliphatic heterocycles. The molecular weight excluding hydrogens is 265 g/mol. The Morgan fingerprint density at radius 1 is 1.26 bits per heavy atom. The molecule has 0 aliphatic rings. The third-order valence-corrected chi connectivity index (χ3v) is 3.35. The van der Waals surface area contributed by atoms with E-state index in [0.29, 0.717) is 22.1 Å². The second-order valence-electron chi connectivity index (χ2n) is 4.33. The molecule has 0 spiro atoms. The topological polar surface area (TPSA) is 43.8 Å². The van der Waals surface area contributed by atoms with Gasteiger partial charge in [-0.3, -0.25) is 0 Å². The summed E-state index contributed by atoms with van der Waals surface area (Å²) in [6.45, 7) is 0. The Morgan fingerprint density at radius 2 is 2.05 bits per heavy atom. The number of hydrogen-bond acceptors (Lipinski definition) is 2. The zero-order valence-electron chi connectivity index (χ0n) is 10.2. The third kappa shape index (κ3) is 1.85. The van der Waals surface area contributed by atoms with Crippen molar-refractivity contribution in [3.05, 3.63) is 47.2 Å². The number of halogens is 2. The SMILES string of the molecule is Cn1c(-c2c(N)cccc2F)nc2ccc(Cl)cc21. The lowest BCUT2D eigenvalue weighted by atomic mass is 10.1. The van der Waals surface area contributed by atoms with Crippen molar-refractivity contribution in [1.82, 2.24) is 9.55 Å². The van der Waals surface area contributed by atoms with Gasteiger partial charge in [0.15, 0.2) is 0 Å². The number of anilines is 1. The number of aryl methyl sites for hydroxylation is 1. The predicted octanol–water partition coefficient (Wildman–Crippen LogP) is 3.62. The molecular formula is C14H11ClFN3. The molecule has 0 fully saturated rings. The summed E-state index contributed by atoms with van der Waals surface area (Å²) in [5.41, 5.74) is 8.13. The number of fused-ring (bicyclic) bond motifs is 1. The monoisotopic (exact) mass is 275 g/mol. The van der Waals surface area contributed by atoms with Gasteiger partial charge in [-0.2, -0.15) is 0 Å². The van der Waals surface area contributed by atoms with Gasteiger partial charge in [-0.1, -0.05) is 17.7 Å². The quantitative estimate of drug-likeness (QED) is 0.690. The molecule has 1 aromatic heterocycles. The molecule has 96 valence electrons. The minimum absolute atomic E-state index is 0.317. The Kier molecular flexibility index (Phi) is 2.68. The number of rotatable bonds is 1. The maximum atomic E-state index is 14.0. The van der Waals surface area contributed by atoms with Crippen LogP contribution in [0.15, 0.2) is 36.4 Å². The van der Waals surface area contributed by atoms with E-state index >= 15 is 0 Å². The highest BCUT2D eigenvalue weighted by atomic mass is 35.5. The smallest absolute Gasteiger partial charge is 0.145 e. The maximum absolute atomic E-state index is 14.0. The molecule has 0 saturated carbocycles. The Labute approximate surface area is 114 Å². The van der Waals surface area contributed by atoms with Crippen molar-refractivity contribution < 1.29 is 4.39 Å². The van der Waals surface area contributed by atoms with Gasteiger partial charge in [0.2, 0.25) is 0 Å². The van der Waals surface area contributed by atoms with E-state index in [0.717, 1.165) is 11.0 Å². The van der Waals surface area contributed by atoms with Crippen LogP contribution >= 0.6 is 11.6 Å². The van der Waals surface area contributed by atoms with Gasteiger partial charge in [0.05, 0.1) is 16.6 Å². The first-order valence-electron chi connectivity index (χ1n) is 5.74. The van der Waals surface area contributed by atoms with Gasteiger partial charge in [-0.25, -0.2) is 9.37 Å². The molecule has 1 heterocycles. The molecule has 0 unspecified atom stereocenters. The van der Waals surface area contributed by atoms with Crippen LogP contribution in [0.1, 0.15) is 0 Å². The summed E-state index contributed by atoms with van der Waals surface area (Å²) < 4.78 is 15.8. The average Bonchev–Trinajstić information content (AvgIpc) is 2.67. The molecule has 2 N–H and O–H groups in total. The van der Waals surface area contributed by atoms with E-state index in [1.54, 1.807) is 34.9 Å². The maximum Gasteiger partial charge on any atom is 0.145 e. The normalized spacial score (nSPS) is 11.1. The summed E-state index contributed by atoms with van der Waals surface area (Å²) in [4.78, 5) is 4.43. The largest absolute Gasteiger partial charge is 0.398 e. The number of nitrogen functional groups attached to an aromatic ring is 1. The average molecular weight is 276 g/mol. The predicted molar refractivity (Wildman–Crippen MR) is 75.5 cm³/mol. The lowest BCUT2D eigenvalue weighted by Crippen LogP contribution is -1.99. The van der Waals surface area contributed by atoms with Gasteiger partial charge >= 0.3 is 0 Å². The number of imidazole rings is 1. The van der Waals surface area contributed by atoms with E-state index in [1.807, 2.05) is 7.05 Å². The van der Waals surface area contributed by atoms with Crippen molar-refractivity contribution in [2.24, 2.45) is 7.05 Å². The lowest BCUT2D eigenvalue weighted by molar-refractivity contribution is 0.629. The summed E-state index contributed by atoms with van der Waals surface area (Å²) >= 11 is 5.97. The van der Waals surface area contributed by atoms with Gasteiger partial charge in [-0.15, -0.1) is 0 Å². The summed E-state index contributed by atoms with van der Waals surface area (Å²) in [5.74, 6) is 0.109. The van der Waals surface area contributed by atoms with Crippen LogP contribution < -0.4 is 5.73 Å². The standard InChI is InChI=1S/C14H11ClFN3/c1-19-12-7-8(15)5-6-11(12)18-14(19)13-9(16)3-2-4-10(13)17/h2-7H,17H2,1H3. The Hall–Kier alpha value is -2.07. The molecule has 2 aromatic carbocycles. The summed E-state index contributed by atoms with van der Waals surface area (Å²) in [6, 6.07) is 9.96. The van der Waals surface area contributed by atoms with Crippen LogP contribution in [0.4, 0.5) is 10.1 Å². The third-order valence-electron chi connectivity index (χ3n) is 3.11. The molecule has 0 radical (unpaired) electrons. The van der Waals surface area contributed by atoms with Crippen molar-refractivity contribution in [3.8, 4) is 11.4 Å². The van der Waals surface area contributed by atoms with Gasteiger partial charge in [-0.05, 0) is 30.3 Å². The molecule has 0 amide bonds. The molecule has 19 heavy (non-hydrogen) atoms. The van der Waals surface area contributed by atoms with Crippen LogP contribution in [0.2, 0.25) is 5.02 Å². The Balaban J connectivity index is 2.35. The molecule has 0 bridgehead atoms. The fourth-order valence-electron chi connectivity index (χ4n) is 2.16. The minimum atomic E-state index is -0.385. The number of nitrogens with zero attached hydrogens (tertiary/aromatic N) is 2. The van der Waals surface area contributed by atoms with Crippen molar-refractivity contribution in [3.63, 3.8) is 0 Å². The van der Waals surface area contributed by atoms with Crippen LogP contribution in [-0.4, -0.2) is 9.55 Å². The van der Waals surface area contributed by atoms with Crippen LogP contribution in [0.5, 0.6) is 0 Å². The van der Waals surface area contributed by atoms with Crippen LogP contribution in [-0.2, 0) is 7.05 Å². The highest BCUT2D eigenvalue weighted by molar-refractivity contribution is 6.31. The summed E-state index contributed by atoms with van der Waals surface area (Å²) in [7, 11) is 1.81. The van der Waals surface area contributed by atoms with E-state index in [1.165, 1.54) is 6.07 Å². The number of benzene rings is 2. The molecule has 3 nitrogen and oxygen atoms in total. The number of nitrogens with two attached hydrogens (primary N) is 1. The summed E-state index contributed by atoms with van der Waals surface area (Å²) in [6.07, 6.45) is 0. The molecule has 3 aromatic rings. The first kappa shape index (κ1) is 12.0. The van der Waals surface area contributed by atoms with Crippen molar-refractivity contribution in [1.29, 1.82) is 0 Å². The van der Waals surface area contributed by atoms with E-state index < -0.39 is 0 Å². The molecule has 0 saturated heterocycles. The second kappa shape index (κ2) is 4.24. The first-order chi connectivity index (χ1) is 9.08. The fourth-order valence-corrected chi connectivity index (χ4v) is 2.33. The molecule has 0 atom stereocenters. The number of aromatic nitrogens is 2. The van der Waals surface area contributed by atoms with Crippen molar-refractivity contribution >= 4 is 28.3 Å². The van der Waals surface area contributed by atoms with E-state index in [2.05, 4.69) is 4.98 Å². The highest BCUT2D eigenvalue weighted by Gasteiger charge is 2.16. The minimum Gasteiger partial charge on any atom is -0.398 e. The first-order valence-corrected chi connectivity index (χ1v) is 6.12. The van der Waals surface area contributed by atoms with Crippen LogP contribution in [0, 0.1) is 5.82 Å². The zero-order chi connectivity index (χ0) is 13.6. The Morgan fingerprint density at radius 3 is 2.79 bits per heavy atom. The van der Waals surface area contributed by atoms with Crippen molar-refractivity contribution in [2.45, 2.75) is 0 Å². The van der Waals surface area contributed by atoms with Gasteiger partial charge < -0.3 is 10.3 Å². The van der Waals surface area contributed by atoms with E-state index in [9.17, 15) is 4.39 Å². The number of hydrogen-bond donors (Lipinski definition) is 1. The van der Waals surface area contributed by atoms with Crippen molar-refractivity contribution in [2.75, 3.05) is 5.73 Å². The van der Waals surface area contributed by atoms with E-state index in [4.69, 9.17) is 17.3 Å². The zero-order valence-corrected chi connectivity index (χ0v) is 10.9. The van der Waals surface area contributed by atoms with E-state index in [-0.39, 0.29) is 5.82 Å². The van der Waals surface area contributed by atoms with Gasteiger partial charge in [0, 0.05) is 17.8 Å². The van der Waals surface area contributed by atoms with Crippen LogP contribution in [0.25, 0.3) is 22.4 Å². The van der Waals surface area contributed by atoms with Crippen LogP contribution in [0.3, 0.4) is 0 Å². The Bertz CT molecular complexity index is 759. The van der Waals surface area contributed by atoms with Gasteiger partial charge in [0.25, 0.3) is 0 Å². The summed E-state index contributed by atoms with van der Waals surface area (Å²) in [5, 5.41) is 0.614. The molecule has 3 rings (SSSR count). The van der Waals surface area contributed by atoms with Gasteiger partial charge in [0.1, 0.15) is 11.6 Å². The lowest BCUT2D eigenvalue weighted by Gasteiger charge is -2.07. The highest BCUT2D eigenvalue weighted by Crippen LogP contribution is 2.31. The molecule has 0 aliphatic carbocycles. The fraction of sp³-hybridized carbons (Fsp3) is 0.0714. The molecule has 5 heteroatoms. The second-order valence-corrected chi connectivity index (χ2v) is 4.77.